The molecule has 2 unspecified atom stereocenters. The standard InChI is InChI=1S/C14H20O3S/c1-10(15)8-11-4-3-5-13(16-2)14(11)17-12-6-7-18-9-12/h3-5,10,12,15H,6-9H2,1-2H3. The zero-order valence-electron chi connectivity index (χ0n) is 10.9. The average Bonchev–Trinajstić information content (AvgIpc) is 2.83. The fourth-order valence-electron chi connectivity index (χ4n) is 2.11. The number of methoxy groups -OCH3 is 1. The van der Waals surface area contributed by atoms with Crippen LogP contribution in [0.15, 0.2) is 18.2 Å². The van der Waals surface area contributed by atoms with Crippen LogP contribution < -0.4 is 9.47 Å². The molecule has 2 rings (SSSR count). The van der Waals surface area contributed by atoms with Crippen molar-refractivity contribution in [3.8, 4) is 11.5 Å². The van der Waals surface area contributed by atoms with Crippen molar-refractivity contribution < 1.29 is 14.6 Å². The molecule has 1 aromatic rings. The van der Waals surface area contributed by atoms with Crippen LogP contribution in [-0.4, -0.2) is 35.9 Å². The van der Waals surface area contributed by atoms with Crippen LogP contribution in [0.3, 0.4) is 0 Å². The fraction of sp³-hybridized carbons (Fsp3) is 0.571. The van der Waals surface area contributed by atoms with Crippen molar-refractivity contribution in [1.29, 1.82) is 0 Å². The maximum atomic E-state index is 9.55. The van der Waals surface area contributed by atoms with Gasteiger partial charge in [-0.25, -0.2) is 0 Å². The maximum absolute atomic E-state index is 9.55. The Morgan fingerprint density at radius 1 is 1.50 bits per heavy atom. The van der Waals surface area contributed by atoms with Crippen LogP contribution in [0.1, 0.15) is 18.9 Å². The lowest BCUT2D eigenvalue weighted by Crippen LogP contribution is -2.17. The second kappa shape index (κ2) is 6.34. The Hall–Kier alpha value is -0.870. The number of aliphatic hydroxyl groups is 1. The number of hydrogen-bond donors (Lipinski definition) is 1. The number of aliphatic hydroxyl groups excluding tert-OH is 1. The molecule has 1 saturated heterocycles. The molecule has 1 fully saturated rings. The molecular weight excluding hydrogens is 248 g/mol. The summed E-state index contributed by atoms with van der Waals surface area (Å²) in [6.45, 7) is 1.79. The number of para-hydroxylation sites is 1. The molecular formula is C14H20O3S. The molecule has 0 radical (unpaired) electrons. The largest absolute Gasteiger partial charge is 0.493 e. The quantitative estimate of drug-likeness (QED) is 0.890. The van der Waals surface area contributed by atoms with Crippen LogP contribution in [-0.2, 0) is 6.42 Å². The van der Waals surface area contributed by atoms with Crippen molar-refractivity contribution in [2.45, 2.75) is 32.0 Å². The molecule has 0 amide bonds. The minimum atomic E-state index is -0.377. The SMILES string of the molecule is COc1cccc(CC(C)O)c1OC1CCSC1. The number of rotatable bonds is 5. The highest BCUT2D eigenvalue weighted by Crippen LogP contribution is 2.34. The highest BCUT2D eigenvalue weighted by atomic mass is 32.2. The van der Waals surface area contributed by atoms with Gasteiger partial charge >= 0.3 is 0 Å². The Kier molecular flexibility index (Phi) is 4.78. The highest BCUT2D eigenvalue weighted by molar-refractivity contribution is 7.99. The summed E-state index contributed by atoms with van der Waals surface area (Å²) in [5.41, 5.74) is 1.02. The number of hydrogen-bond acceptors (Lipinski definition) is 4. The van der Waals surface area contributed by atoms with Gasteiger partial charge in [0, 0.05) is 17.7 Å². The normalized spacial score (nSPS) is 20.7. The minimum Gasteiger partial charge on any atom is -0.493 e. The van der Waals surface area contributed by atoms with E-state index >= 15 is 0 Å². The van der Waals surface area contributed by atoms with E-state index in [9.17, 15) is 5.11 Å². The van der Waals surface area contributed by atoms with Crippen LogP contribution in [0.25, 0.3) is 0 Å². The van der Waals surface area contributed by atoms with Crippen LogP contribution >= 0.6 is 11.8 Å². The first kappa shape index (κ1) is 13.6. The zero-order chi connectivity index (χ0) is 13.0. The smallest absolute Gasteiger partial charge is 0.164 e. The fourth-order valence-corrected chi connectivity index (χ4v) is 3.20. The predicted octanol–water partition coefficient (Wildman–Crippen LogP) is 2.50. The predicted molar refractivity (Wildman–Crippen MR) is 74.7 cm³/mol. The summed E-state index contributed by atoms with van der Waals surface area (Å²) in [7, 11) is 1.65. The summed E-state index contributed by atoms with van der Waals surface area (Å²) in [6.07, 6.45) is 1.56. The molecule has 1 aliphatic heterocycles. The van der Waals surface area contributed by atoms with E-state index < -0.39 is 0 Å². The Morgan fingerprint density at radius 2 is 2.33 bits per heavy atom. The van der Waals surface area contributed by atoms with Crippen molar-refractivity contribution in [2.75, 3.05) is 18.6 Å². The van der Waals surface area contributed by atoms with E-state index in [-0.39, 0.29) is 12.2 Å². The van der Waals surface area contributed by atoms with Crippen molar-refractivity contribution >= 4 is 11.8 Å². The lowest BCUT2D eigenvalue weighted by atomic mass is 10.1. The Bertz CT molecular complexity index is 387. The maximum Gasteiger partial charge on any atom is 0.164 e. The molecule has 2 atom stereocenters. The first-order valence-electron chi connectivity index (χ1n) is 6.29. The summed E-state index contributed by atoms with van der Waals surface area (Å²) in [6, 6.07) is 5.84. The van der Waals surface area contributed by atoms with E-state index in [1.807, 2.05) is 30.0 Å². The van der Waals surface area contributed by atoms with E-state index in [1.165, 1.54) is 0 Å². The molecule has 0 aliphatic carbocycles. The summed E-state index contributed by atoms with van der Waals surface area (Å²) >= 11 is 1.92. The van der Waals surface area contributed by atoms with Crippen LogP contribution in [0.2, 0.25) is 0 Å². The molecule has 0 bridgehead atoms. The van der Waals surface area contributed by atoms with Crippen LogP contribution in [0.4, 0.5) is 0 Å². The molecule has 0 saturated carbocycles. The molecule has 18 heavy (non-hydrogen) atoms. The van der Waals surface area contributed by atoms with Crippen molar-refractivity contribution in [3.63, 3.8) is 0 Å². The topological polar surface area (TPSA) is 38.7 Å². The third-order valence-electron chi connectivity index (χ3n) is 2.97. The van der Waals surface area contributed by atoms with E-state index in [1.54, 1.807) is 14.0 Å². The molecule has 3 nitrogen and oxygen atoms in total. The first-order valence-corrected chi connectivity index (χ1v) is 7.44. The third kappa shape index (κ3) is 3.33. The summed E-state index contributed by atoms with van der Waals surface area (Å²) in [5.74, 6) is 3.75. The summed E-state index contributed by atoms with van der Waals surface area (Å²) in [5, 5.41) is 9.55. The van der Waals surface area contributed by atoms with E-state index in [4.69, 9.17) is 9.47 Å². The van der Waals surface area contributed by atoms with E-state index in [0.29, 0.717) is 6.42 Å². The van der Waals surface area contributed by atoms with Gasteiger partial charge in [-0.05, 0) is 25.2 Å². The lowest BCUT2D eigenvalue weighted by Gasteiger charge is -2.19. The third-order valence-corrected chi connectivity index (χ3v) is 4.10. The van der Waals surface area contributed by atoms with Gasteiger partial charge in [-0.15, -0.1) is 0 Å². The molecule has 0 aromatic heterocycles. The van der Waals surface area contributed by atoms with E-state index in [2.05, 4.69) is 0 Å². The Labute approximate surface area is 112 Å². The highest BCUT2D eigenvalue weighted by Gasteiger charge is 2.21. The number of ether oxygens (including phenoxy) is 2. The van der Waals surface area contributed by atoms with Gasteiger partial charge in [-0.3, -0.25) is 0 Å². The molecule has 1 heterocycles. The Balaban J connectivity index is 2.22. The van der Waals surface area contributed by atoms with Gasteiger partial charge in [0.25, 0.3) is 0 Å². The van der Waals surface area contributed by atoms with Gasteiger partial charge in [0.05, 0.1) is 13.2 Å². The van der Waals surface area contributed by atoms with Crippen molar-refractivity contribution in [2.24, 2.45) is 0 Å². The molecule has 0 spiro atoms. The molecule has 1 aromatic carbocycles. The minimum absolute atomic E-state index is 0.263. The second-order valence-electron chi connectivity index (χ2n) is 4.61. The summed E-state index contributed by atoms with van der Waals surface area (Å²) in [4.78, 5) is 0. The first-order chi connectivity index (χ1) is 8.70. The van der Waals surface area contributed by atoms with E-state index in [0.717, 1.165) is 35.0 Å². The van der Waals surface area contributed by atoms with Crippen LogP contribution in [0.5, 0.6) is 11.5 Å². The molecule has 100 valence electrons. The van der Waals surface area contributed by atoms with Gasteiger partial charge in [0.15, 0.2) is 11.5 Å². The number of benzene rings is 1. The van der Waals surface area contributed by atoms with Gasteiger partial charge in [0.2, 0.25) is 0 Å². The molecule has 1 N–H and O–H groups in total. The lowest BCUT2D eigenvalue weighted by molar-refractivity contribution is 0.186. The van der Waals surface area contributed by atoms with Gasteiger partial charge in [-0.1, -0.05) is 12.1 Å². The van der Waals surface area contributed by atoms with Crippen molar-refractivity contribution in [3.05, 3.63) is 23.8 Å². The molecule has 1 aliphatic rings. The number of thioether (sulfide) groups is 1. The Morgan fingerprint density at radius 3 is 2.94 bits per heavy atom. The summed E-state index contributed by atoms with van der Waals surface area (Å²) < 4.78 is 11.4. The monoisotopic (exact) mass is 268 g/mol. The second-order valence-corrected chi connectivity index (χ2v) is 5.75. The molecule has 4 heteroatoms. The average molecular weight is 268 g/mol. The van der Waals surface area contributed by atoms with Gasteiger partial charge < -0.3 is 14.6 Å². The van der Waals surface area contributed by atoms with Gasteiger partial charge in [-0.2, -0.15) is 11.8 Å². The zero-order valence-corrected chi connectivity index (χ0v) is 11.7. The van der Waals surface area contributed by atoms with Gasteiger partial charge in [0.1, 0.15) is 6.10 Å². The van der Waals surface area contributed by atoms with Crippen LogP contribution in [0, 0.1) is 0 Å². The van der Waals surface area contributed by atoms with Crippen molar-refractivity contribution in [1.82, 2.24) is 0 Å².